The van der Waals surface area contributed by atoms with E-state index in [0.717, 1.165) is 33.2 Å². The highest BCUT2D eigenvalue weighted by atomic mass is 16.7. The van der Waals surface area contributed by atoms with Gasteiger partial charge in [-0.05, 0) is 78.6 Å². The second kappa shape index (κ2) is 14.1. The molecular weight excluding hydrogens is 583 g/mol. The Hall–Kier alpha value is -4.09. The van der Waals surface area contributed by atoms with Gasteiger partial charge in [-0.1, -0.05) is 31.2 Å². The van der Waals surface area contributed by atoms with Gasteiger partial charge in [0.25, 0.3) is 0 Å². The van der Waals surface area contributed by atoms with Crippen molar-refractivity contribution in [1.29, 1.82) is 0 Å². The van der Waals surface area contributed by atoms with E-state index in [1.807, 2.05) is 24.3 Å². The van der Waals surface area contributed by atoms with Gasteiger partial charge in [0.05, 0.1) is 17.7 Å². The number of rotatable bonds is 11. The molecule has 1 saturated heterocycles. The van der Waals surface area contributed by atoms with E-state index in [-0.39, 0.29) is 25.6 Å². The minimum Gasteiger partial charge on any atom is -0.476 e. The summed E-state index contributed by atoms with van der Waals surface area (Å²) in [4.78, 5) is 34.1. The SMILES string of the molecule is CC/C(B1OC(C)(C)C(C)(C)O1)=C(/c1ccc(OCCN(C/C=C/C(=O)NC)C(=O)OC(C)(C)C)nc1)c1cc2ccccc2[nH]1. The number of para-hydroxylation sites is 1. The average Bonchev–Trinajstić information content (AvgIpc) is 3.50. The normalized spacial score (nSPS) is 16.4. The molecule has 2 N–H and O–H groups in total. The molecule has 0 unspecified atom stereocenters. The largest absolute Gasteiger partial charge is 0.491 e. The number of hydrogen-bond donors (Lipinski definition) is 2. The van der Waals surface area contributed by atoms with Crippen LogP contribution in [-0.2, 0) is 18.8 Å². The minimum atomic E-state index is -0.661. The van der Waals surface area contributed by atoms with Crippen LogP contribution in [0.25, 0.3) is 16.5 Å². The average molecular weight is 631 g/mol. The molecule has 3 heterocycles. The van der Waals surface area contributed by atoms with Crippen molar-refractivity contribution in [2.24, 2.45) is 0 Å². The van der Waals surface area contributed by atoms with Crippen LogP contribution in [0.5, 0.6) is 5.88 Å². The number of nitrogens with one attached hydrogen (secondary N) is 2. The molecule has 0 saturated carbocycles. The summed E-state index contributed by atoms with van der Waals surface area (Å²) in [6, 6.07) is 14.1. The summed E-state index contributed by atoms with van der Waals surface area (Å²) in [5.41, 5.74) is 3.23. The summed E-state index contributed by atoms with van der Waals surface area (Å²) in [5, 5.41) is 3.62. The number of allylic oxidation sites excluding steroid dienone is 1. The summed E-state index contributed by atoms with van der Waals surface area (Å²) >= 11 is 0. The van der Waals surface area contributed by atoms with Crippen molar-refractivity contribution in [3.05, 3.63) is 77.5 Å². The zero-order valence-electron chi connectivity index (χ0n) is 28.5. The van der Waals surface area contributed by atoms with Gasteiger partial charge in [0.15, 0.2) is 0 Å². The maximum Gasteiger partial charge on any atom is 0.491 e. The number of H-pyrrole nitrogens is 1. The van der Waals surface area contributed by atoms with Crippen LogP contribution in [0.1, 0.15) is 73.1 Å². The van der Waals surface area contributed by atoms with Gasteiger partial charge in [0, 0.05) is 59.7 Å². The molecule has 1 aromatic carbocycles. The second-order valence-corrected chi connectivity index (χ2v) is 13.3. The summed E-state index contributed by atoms with van der Waals surface area (Å²) in [6.07, 6.45) is 4.98. The van der Waals surface area contributed by atoms with Crippen LogP contribution in [0.2, 0.25) is 0 Å². The highest BCUT2D eigenvalue weighted by molar-refractivity contribution is 6.56. The molecule has 0 spiro atoms. The molecule has 0 bridgehead atoms. The molecule has 0 radical (unpaired) electrons. The van der Waals surface area contributed by atoms with Gasteiger partial charge in [0.1, 0.15) is 12.2 Å². The van der Waals surface area contributed by atoms with Crippen LogP contribution in [0, 0.1) is 0 Å². The number of hydrogen-bond acceptors (Lipinski definition) is 7. The van der Waals surface area contributed by atoms with E-state index in [1.54, 1.807) is 40.1 Å². The third-order valence-electron chi connectivity index (χ3n) is 8.17. The standard InChI is InChI=1S/C35H47BN4O6/c1-10-26(36-45-34(5,6)35(7,8)46-36)31(28-22-24-14-11-12-15-27(24)39-28)25-17-18-30(38-23-25)43-21-20-40(19-13-16-29(41)37-9)32(42)44-33(2,3)4/h11-18,22-23,39H,10,19-21H2,1-9H3,(H,37,41)/b16-13+,31-26+. The van der Waals surface area contributed by atoms with Gasteiger partial charge >= 0.3 is 13.2 Å². The highest BCUT2D eigenvalue weighted by Gasteiger charge is 2.52. The predicted molar refractivity (Wildman–Crippen MR) is 181 cm³/mol. The van der Waals surface area contributed by atoms with Gasteiger partial charge in [-0.15, -0.1) is 0 Å². The first kappa shape index (κ1) is 34.8. The Labute approximate surface area is 272 Å². The number of ether oxygens (including phenoxy) is 2. The first-order valence-electron chi connectivity index (χ1n) is 15.8. The van der Waals surface area contributed by atoms with Crippen LogP contribution < -0.4 is 10.1 Å². The lowest BCUT2D eigenvalue weighted by atomic mass is 9.71. The molecule has 1 aliphatic rings. The molecule has 246 valence electrons. The first-order valence-corrected chi connectivity index (χ1v) is 15.8. The zero-order valence-corrected chi connectivity index (χ0v) is 28.5. The van der Waals surface area contributed by atoms with Crippen molar-refractivity contribution in [3.63, 3.8) is 0 Å². The van der Waals surface area contributed by atoms with Crippen molar-refractivity contribution in [1.82, 2.24) is 20.2 Å². The Balaban J connectivity index is 1.58. The number of benzene rings is 1. The van der Waals surface area contributed by atoms with E-state index < -0.39 is 30.0 Å². The minimum absolute atomic E-state index is 0.179. The molecule has 2 amide bonds. The summed E-state index contributed by atoms with van der Waals surface area (Å²) in [5.74, 6) is 0.161. The summed E-state index contributed by atoms with van der Waals surface area (Å²) in [6.45, 7) is 16.3. The van der Waals surface area contributed by atoms with E-state index >= 15 is 0 Å². The lowest BCUT2D eigenvalue weighted by Gasteiger charge is -2.32. The second-order valence-electron chi connectivity index (χ2n) is 13.3. The van der Waals surface area contributed by atoms with Crippen molar-refractivity contribution in [2.45, 2.75) is 78.6 Å². The molecule has 3 aromatic rings. The van der Waals surface area contributed by atoms with Gasteiger partial charge in [0.2, 0.25) is 11.8 Å². The predicted octanol–water partition coefficient (Wildman–Crippen LogP) is 6.32. The third-order valence-corrected chi connectivity index (χ3v) is 8.17. The fraction of sp³-hybridized carbons (Fsp3) is 0.457. The Morgan fingerprint density at radius 1 is 1.09 bits per heavy atom. The lowest BCUT2D eigenvalue weighted by molar-refractivity contribution is -0.116. The number of carbonyl (C=O) groups is 2. The van der Waals surface area contributed by atoms with Gasteiger partial charge < -0.3 is 34.0 Å². The number of amides is 2. The molecule has 0 atom stereocenters. The molecule has 11 heteroatoms. The molecule has 0 aliphatic carbocycles. The Morgan fingerprint density at radius 3 is 2.37 bits per heavy atom. The van der Waals surface area contributed by atoms with Crippen LogP contribution >= 0.6 is 0 Å². The highest BCUT2D eigenvalue weighted by Crippen LogP contribution is 2.42. The quantitative estimate of drug-likeness (QED) is 0.188. The van der Waals surface area contributed by atoms with E-state index in [2.05, 4.69) is 68.1 Å². The number of aromatic amines is 1. The number of carbonyl (C=O) groups excluding carboxylic acids is 2. The van der Waals surface area contributed by atoms with Crippen molar-refractivity contribution < 1.29 is 28.4 Å². The number of likely N-dealkylation sites (N-methyl/N-ethyl adjacent to an activating group) is 1. The number of fused-ring (bicyclic) bond motifs is 1. The van der Waals surface area contributed by atoms with Crippen molar-refractivity contribution >= 4 is 35.6 Å². The van der Waals surface area contributed by atoms with Gasteiger partial charge in [-0.3, -0.25) is 4.79 Å². The fourth-order valence-electron chi connectivity index (χ4n) is 5.00. The number of aromatic nitrogens is 2. The van der Waals surface area contributed by atoms with E-state index in [9.17, 15) is 9.59 Å². The molecule has 46 heavy (non-hydrogen) atoms. The van der Waals surface area contributed by atoms with Crippen LogP contribution in [0.15, 0.2) is 66.3 Å². The molecule has 1 fully saturated rings. The summed E-state index contributed by atoms with van der Waals surface area (Å²) in [7, 11) is 1.02. The topological polar surface area (TPSA) is 115 Å². The van der Waals surface area contributed by atoms with Crippen LogP contribution in [0.3, 0.4) is 0 Å². The van der Waals surface area contributed by atoms with Gasteiger partial charge in [-0.25, -0.2) is 9.78 Å². The first-order chi connectivity index (χ1) is 21.6. The molecule has 10 nitrogen and oxygen atoms in total. The van der Waals surface area contributed by atoms with E-state index in [0.29, 0.717) is 12.3 Å². The smallest absolute Gasteiger partial charge is 0.476 e. The number of nitrogens with zero attached hydrogens (tertiary/aromatic N) is 2. The Kier molecular flexibility index (Phi) is 10.7. The maximum atomic E-state index is 12.8. The van der Waals surface area contributed by atoms with Crippen LogP contribution in [-0.4, -0.2) is 77.5 Å². The van der Waals surface area contributed by atoms with E-state index in [4.69, 9.17) is 18.8 Å². The third kappa shape index (κ3) is 8.38. The van der Waals surface area contributed by atoms with Crippen molar-refractivity contribution in [3.8, 4) is 5.88 Å². The Morgan fingerprint density at radius 2 is 1.78 bits per heavy atom. The molecule has 2 aromatic heterocycles. The lowest BCUT2D eigenvalue weighted by Crippen LogP contribution is -2.41. The zero-order chi connectivity index (χ0) is 33.7. The molecule has 4 rings (SSSR count). The molecule has 1 aliphatic heterocycles. The number of pyridine rings is 1. The van der Waals surface area contributed by atoms with Gasteiger partial charge in [-0.2, -0.15) is 0 Å². The van der Waals surface area contributed by atoms with Crippen molar-refractivity contribution in [2.75, 3.05) is 26.7 Å². The van der Waals surface area contributed by atoms with E-state index in [1.165, 1.54) is 11.0 Å². The summed E-state index contributed by atoms with van der Waals surface area (Å²) < 4.78 is 24.5. The Bertz CT molecular complexity index is 1540. The maximum absolute atomic E-state index is 12.8. The van der Waals surface area contributed by atoms with Crippen LogP contribution in [0.4, 0.5) is 4.79 Å². The molecular formula is C35H47BN4O6. The monoisotopic (exact) mass is 630 g/mol. The fourth-order valence-corrected chi connectivity index (χ4v) is 5.00.